The van der Waals surface area contributed by atoms with Gasteiger partial charge in [-0.25, -0.2) is 0 Å². The lowest BCUT2D eigenvalue weighted by Gasteiger charge is -2.26. The van der Waals surface area contributed by atoms with E-state index in [1.165, 1.54) is 11.1 Å². The Morgan fingerprint density at radius 2 is 1.39 bits per heavy atom. The fourth-order valence-electron chi connectivity index (χ4n) is 3.16. The van der Waals surface area contributed by atoms with Crippen LogP contribution in [0.15, 0.2) is 102 Å². The molecule has 3 aromatic carbocycles. The highest BCUT2D eigenvalue weighted by Gasteiger charge is 2.25. The lowest BCUT2D eigenvalue weighted by Crippen LogP contribution is -2.27. The van der Waals surface area contributed by atoms with Gasteiger partial charge in [0.05, 0.1) is 12.3 Å². The maximum absolute atomic E-state index is 4.82. The van der Waals surface area contributed by atoms with Gasteiger partial charge in [-0.2, -0.15) is 5.10 Å². The van der Waals surface area contributed by atoms with E-state index in [0.717, 1.165) is 17.7 Å². The molecule has 0 aliphatic rings. The van der Waals surface area contributed by atoms with E-state index in [1.807, 2.05) is 18.2 Å². The van der Waals surface area contributed by atoms with Crippen LogP contribution in [0, 0.1) is 5.41 Å². The molecule has 28 heavy (non-hydrogen) atoms. The monoisotopic (exact) mass is 368 g/mol. The van der Waals surface area contributed by atoms with Gasteiger partial charge in [-0.15, -0.1) is 0 Å². The summed E-state index contributed by atoms with van der Waals surface area (Å²) in [6.07, 6.45) is 5.33. The largest absolute Gasteiger partial charge is 0.305 e. The molecule has 0 heterocycles. The van der Waals surface area contributed by atoms with Crippen LogP contribution in [0.1, 0.15) is 37.0 Å². The molecule has 0 aliphatic carbocycles. The van der Waals surface area contributed by atoms with Crippen molar-refractivity contribution >= 4 is 11.8 Å². The number of hydrogen-bond donors (Lipinski definition) is 1. The lowest BCUT2D eigenvalue weighted by atomic mass is 9.80. The fraction of sp³-hybridized carbons (Fsp3) is 0.192. The molecule has 3 rings (SSSR count). The first-order valence-electron chi connectivity index (χ1n) is 9.77. The van der Waals surface area contributed by atoms with Crippen molar-refractivity contribution in [1.29, 1.82) is 0 Å². The van der Waals surface area contributed by atoms with Crippen molar-refractivity contribution in [2.45, 2.75) is 26.8 Å². The molecule has 3 aromatic rings. The maximum atomic E-state index is 4.82. The summed E-state index contributed by atoms with van der Waals surface area (Å²) in [6.45, 7) is 5.21. The van der Waals surface area contributed by atoms with E-state index < -0.39 is 0 Å². The number of rotatable bonds is 8. The third-order valence-electron chi connectivity index (χ3n) is 4.74. The zero-order valence-corrected chi connectivity index (χ0v) is 16.7. The summed E-state index contributed by atoms with van der Waals surface area (Å²) < 4.78 is 0. The van der Waals surface area contributed by atoms with Gasteiger partial charge in [0.1, 0.15) is 0 Å². The predicted octanol–water partition coefficient (Wildman–Crippen LogP) is 6.31. The second-order valence-electron chi connectivity index (χ2n) is 7.55. The molecule has 1 N–H and O–H groups in total. The summed E-state index contributed by atoms with van der Waals surface area (Å²) in [5.74, 6) is 0. The minimum atomic E-state index is -0.101. The van der Waals surface area contributed by atoms with Gasteiger partial charge in [0.25, 0.3) is 0 Å². The average Bonchev–Trinajstić information content (AvgIpc) is 2.73. The van der Waals surface area contributed by atoms with E-state index >= 15 is 0 Å². The number of hydrazone groups is 1. The minimum Gasteiger partial charge on any atom is -0.305 e. The first kappa shape index (κ1) is 19.6. The molecular formula is C26H28N2. The van der Waals surface area contributed by atoms with E-state index in [-0.39, 0.29) is 5.41 Å². The lowest BCUT2D eigenvalue weighted by molar-refractivity contribution is 0.525. The molecule has 0 spiro atoms. The average molecular weight is 369 g/mol. The van der Waals surface area contributed by atoms with E-state index in [1.54, 1.807) is 0 Å². The van der Waals surface area contributed by atoms with Crippen LogP contribution in [0.3, 0.4) is 0 Å². The van der Waals surface area contributed by atoms with Crippen molar-refractivity contribution in [3.05, 3.63) is 114 Å². The van der Waals surface area contributed by atoms with Gasteiger partial charge in [-0.05, 0) is 23.1 Å². The van der Waals surface area contributed by atoms with Gasteiger partial charge in [-0.3, -0.25) is 0 Å². The van der Waals surface area contributed by atoms with E-state index in [9.17, 15) is 0 Å². The van der Waals surface area contributed by atoms with Gasteiger partial charge in [0.2, 0.25) is 0 Å². The number of hydrogen-bond acceptors (Lipinski definition) is 2. The SMILES string of the molecule is CC(C)(C/C=C/c1ccccc1)/C(=N/NCc1ccccc1)c1ccccc1. The first-order valence-corrected chi connectivity index (χ1v) is 9.77. The Kier molecular flexibility index (Phi) is 6.80. The third-order valence-corrected chi connectivity index (χ3v) is 4.74. The standard InChI is InChI=1S/C26H28N2/c1-26(2,20-12-17-22-13-6-3-7-14-22)25(24-18-10-5-11-19-24)28-27-21-23-15-8-4-9-16-23/h3-19,27H,20-21H2,1-2H3/b17-12+,28-25+. The van der Waals surface area contributed by atoms with Crippen molar-refractivity contribution in [1.82, 2.24) is 5.43 Å². The Morgan fingerprint density at radius 1 is 0.821 bits per heavy atom. The molecule has 2 heteroatoms. The van der Waals surface area contributed by atoms with Crippen molar-refractivity contribution < 1.29 is 0 Å². The molecule has 0 saturated carbocycles. The molecule has 142 valence electrons. The minimum absolute atomic E-state index is 0.101. The molecule has 0 unspecified atom stereocenters. The summed E-state index contributed by atoms with van der Waals surface area (Å²) in [6, 6.07) is 31.2. The summed E-state index contributed by atoms with van der Waals surface area (Å²) >= 11 is 0. The highest BCUT2D eigenvalue weighted by molar-refractivity contribution is 6.04. The molecule has 0 atom stereocenters. The van der Waals surface area contributed by atoms with Gasteiger partial charge in [0.15, 0.2) is 0 Å². The van der Waals surface area contributed by atoms with Gasteiger partial charge >= 0.3 is 0 Å². The van der Waals surface area contributed by atoms with Crippen LogP contribution in [0.25, 0.3) is 6.08 Å². The number of nitrogens with zero attached hydrogens (tertiary/aromatic N) is 1. The normalized spacial score (nSPS) is 12.3. The molecule has 2 nitrogen and oxygen atoms in total. The smallest absolute Gasteiger partial charge is 0.0734 e. The zero-order chi connectivity index (χ0) is 19.7. The van der Waals surface area contributed by atoms with E-state index in [0.29, 0.717) is 6.54 Å². The zero-order valence-electron chi connectivity index (χ0n) is 16.7. The summed E-state index contributed by atoms with van der Waals surface area (Å²) in [7, 11) is 0. The molecule has 0 aliphatic heterocycles. The van der Waals surface area contributed by atoms with Crippen LogP contribution in [0.5, 0.6) is 0 Å². The quantitative estimate of drug-likeness (QED) is 0.366. The Hall–Kier alpha value is -3.13. The van der Waals surface area contributed by atoms with Crippen molar-refractivity contribution in [3.63, 3.8) is 0 Å². The highest BCUT2D eigenvalue weighted by atomic mass is 15.3. The molecular weight excluding hydrogens is 340 g/mol. The van der Waals surface area contributed by atoms with Crippen LogP contribution in [0.4, 0.5) is 0 Å². The Balaban J connectivity index is 1.77. The third kappa shape index (κ3) is 5.68. The van der Waals surface area contributed by atoms with Crippen LogP contribution in [0.2, 0.25) is 0 Å². The van der Waals surface area contributed by atoms with Crippen molar-refractivity contribution in [3.8, 4) is 0 Å². The van der Waals surface area contributed by atoms with E-state index in [2.05, 4.69) is 104 Å². The van der Waals surface area contributed by atoms with Gasteiger partial charge in [0, 0.05) is 5.41 Å². The molecule has 0 saturated heterocycles. The summed E-state index contributed by atoms with van der Waals surface area (Å²) in [5.41, 5.74) is 7.85. The summed E-state index contributed by atoms with van der Waals surface area (Å²) in [4.78, 5) is 0. The molecule has 0 bridgehead atoms. The van der Waals surface area contributed by atoms with Crippen LogP contribution in [-0.2, 0) is 6.54 Å². The number of allylic oxidation sites excluding steroid dienone is 1. The maximum Gasteiger partial charge on any atom is 0.0734 e. The molecule has 0 radical (unpaired) electrons. The topological polar surface area (TPSA) is 24.4 Å². The van der Waals surface area contributed by atoms with Gasteiger partial charge in [-0.1, -0.05) is 117 Å². The molecule has 0 amide bonds. The number of nitrogens with one attached hydrogen (secondary N) is 1. The fourth-order valence-corrected chi connectivity index (χ4v) is 3.16. The first-order chi connectivity index (χ1) is 13.6. The predicted molar refractivity (Wildman–Crippen MR) is 120 cm³/mol. The van der Waals surface area contributed by atoms with E-state index in [4.69, 9.17) is 5.10 Å². The highest BCUT2D eigenvalue weighted by Crippen LogP contribution is 2.28. The van der Waals surface area contributed by atoms with Crippen molar-refractivity contribution in [2.24, 2.45) is 10.5 Å². The Morgan fingerprint density at radius 3 is 2.04 bits per heavy atom. The molecule has 0 fully saturated rings. The van der Waals surface area contributed by atoms with Crippen LogP contribution < -0.4 is 5.43 Å². The second-order valence-corrected chi connectivity index (χ2v) is 7.55. The van der Waals surface area contributed by atoms with Crippen LogP contribution in [-0.4, -0.2) is 5.71 Å². The van der Waals surface area contributed by atoms with Crippen LogP contribution >= 0.6 is 0 Å². The molecule has 0 aromatic heterocycles. The Bertz CT molecular complexity index is 895. The van der Waals surface area contributed by atoms with Crippen molar-refractivity contribution in [2.75, 3.05) is 0 Å². The number of benzene rings is 3. The summed E-state index contributed by atoms with van der Waals surface area (Å²) in [5, 5.41) is 4.82. The second kappa shape index (κ2) is 9.70. The Labute approximate surface area is 168 Å². The van der Waals surface area contributed by atoms with Gasteiger partial charge < -0.3 is 5.43 Å².